The molecule has 0 bridgehead atoms. The van der Waals surface area contributed by atoms with Crippen LogP contribution in [0.3, 0.4) is 0 Å². The maximum Gasteiger partial charge on any atom is 0.101 e. The minimum atomic E-state index is 0.748. The second-order valence-corrected chi connectivity index (χ2v) is 3.77. The Hall–Kier alpha value is -0.810. The van der Waals surface area contributed by atoms with Gasteiger partial charge in [-0.2, -0.15) is 5.26 Å². The van der Waals surface area contributed by atoms with Crippen molar-refractivity contribution in [3.63, 3.8) is 0 Å². The van der Waals surface area contributed by atoms with Crippen LogP contribution in [-0.2, 0) is 0 Å². The van der Waals surface area contributed by atoms with Crippen molar-refractivity contribution in [3.8, 4) is 6.07 Å². The fraction of sp³-hybridized carbons (Fsp3) is 0.300. The second-order valence-electron chi connectivity index (χ2n) is 2.91. The van der Waals surface area contributed by atoms with E-state index in [1.807, 2.05) is 26.8 Å². The first kappa shape index (κ1) is 9.28. The lowest BCUT2D eigenvalue weighted by Crippen LogP contribution is -1.92. The average molecular weight is 224 g/mol. The van der Waals surface area contributed by atoms with Crippen LogP contribution in [0.5, 0.6) is 0 Å². The van der Waals surface area contributed by atoms with Crippen LogP contribution in [0.1, 0.15) is 22.3 Å². The molecule has 1 aromatic rings. The molecule has 0 radical (unpaired) electrons. The number of halogens is 1. The van der Waals surface area contributed by atoms with Gasteiger partial charge in [-0.25, -0.2) is 0 Å². The molecule has 0 fully saturated rings. The lowest BCUT2D eigenvalue weighted by molar-refractivity contribution is 1.23. The summed E-state index contributed by atoms with van der Waals surface area (Å²) >= 11 is 3.37. The molecule has 0 atom stereocenters. The summed E-state index contributed by atoms with van der Waals surface area (Å²) in [6, 6.07) is 4.17. The first-order valence-electron chi connectivity index (χ1n) is 3.74. The van der Waals surface area contributed by atoms with Gasteiger partial charge in [-0.05, 0) is 59.5 Å². The van der Waals surface area contributed by atoms with Crippen LogP contribution in [-0.4, -0.2) is 0 Å². The van der Waals surface area contributed by atoms with Gasteiger partial charge in [-0.1, -0.05) is 0 Å². The van der Waals surface area contributed by atoms with E-state index in [2.05, 4.69) is 22.0 Å². The fourth-order valence-corrected chi connectivity index (χ4v) is 1.90. The van der Waals surface area contributed by atoms with E-state index in [0.29, 0.717) is 0 Å². The van der Waals surface area contributed by atoms with Gasteiger partial charge >= 0.3 is 0 Å². The fourth-order valence-electron chi connectivity index (χ4n) is 1.17. The van der Waals surface area contributed by atoms with E-state index >= 15 is 0 Å². The monoisotopic (exact) mass is 223 g/mol. The van der Waals surface area contributed by atoms with Crippen LogP contribution in [0, 0.1) is 32.1 Å². The van der Waals surface area contributed by atoms with Gasteiger partial charge in [-0.3, -0.25) is 0 Å². The number of rotatable bonds is 0. The smallest absolute Gasteiger partial charge is 0.101 e. The first-order valence-corrected chi connectivity index (χ1v) is 4.53. The molecule has 0 aliphatic carbocycles. The number of nitrogens with zero attached hydrogens (tertiary/aromatic N) is 1. The molecule has 0 heterocycles. The van der Waals surface area contributed by atoms with Crippen molar-refractivity contribution in [1.29, 1.82) is 5.26 Å². The molecular formula is C10H10BrN. The molecule has 0 spiro atoms. The highest BCUT2D eigenvalue weighted by Gasteiger charge is 2.07. The molecule has 0 amide bonds. The highest BCUT2D eigenvalue weighted by molar-refractivity contribution is 9.10. The van der Waals surface area contributed by atoms with E-state index in [-0.39, 0.29) is 0 Å². The number of hydrogen-bond donors (Lipinski definition) is 0. The van der Waals surface area contributed by atoms with Crippen LogP contribution < -0.4 is 0 Å². The van der Waals surface area contributed by atoms with E-state index in [1.165, 1.54) is 11.1 Å². The largest absolute Gasteiger partial charge is 0.192 e. The van der Waals surface area contributed by atoms with Crippen molar-refractivity contribution in [1.82, 2.24) is 0 Å². The lowest BCUT2D eigenvalue weighted by atomic mass is 10.00. The summed E-state index contributed by atoms with van der Waals surface area (Å²) in [4.78, 5) is 0. The lowest BCUT2D eigenvalue weighted by Gasteiger charge is -2.07. The number of hydrogen-bond acceptors (Lipinski definition) is 1. The zero-order chi connectivity index (χ0) is 9.30. The van der Waals surface area contributed by atoms with Gasteiger partial charge in [0.1, 0.15) is 6.07 Å². The Labute approximate surface area is 81.2 Å². The van der Waals surface area contributed by atoms with Gasteiger partial charge < -0.3 is 0 Å². The van der Waals surface area contributed by atoms with Crippen LogP contribution in [0.25, 0.3) is 0 Å². The Morgan fingerprint density at radius 3 is 2.33 bits per heavy atom. The Kier molecular flexibility index (Phi) is 2.54. The standard InChI is InChI=1S/C10H10BrN/c1-6-4-10(11)9(5-12)8(3)7(6)2/h4H,1-3H3. The Morgan fingerprint density at radius 1 is 1.25 bits per heavy atom. The molecule has 0 saturated carbocycles. The van der Waals surface area contributed by atoms with Crippen LogP contribution in [0.4, 0.5) is 0 Å². The molecule has 2 heteroatoms. The topological polar surface area (TPSA) is 23.8 Å². The van der Waals surface area contributed by atoms with Gasteiger partial charge in [0.2, 0.25) is 0 Å². The summed E-state index contributed by atoms with van der Waals surface area (Å²) in [6.45, 7) is 6.07. The summed E-state index contributed by atoms with van der Waals surface area (Å²) in [6.07, 6.45) is 0. The zero-order valence-electron chi connectivity index (χ0n) is 7.40. The summed E-state index contributed by atoms with van der Waals surface area (Å²) < 4.78 is 0.894. The highest BCUT2D eigenvalue weighted by atomic mass is 79.9. The predicted octanol–water partition coefficient (Wildman–Crippen LogP) is 3.25. The Balaban J connectivity index is 3.54. The molecule has 62 valence electrons. The van der Waals surface area contributed by atoms with Crippen molar-refractivity contribution in [2.75, 3.05) is 0 Å². The molecule has 1 aromatic carbocycles. The molecule has 0 aliphatic rings. The third-order valence-corrected chi connectivity index (χ3v) is 2.85. The molecule has 1 rings (SSSR count). The molecular weight excluding hydrogens is 214 g/mol. The normalized spacial score (nSPS) is 9.58. The van der Waals surface area contributed by atoms with Gasteiger partial charge in [0.15, 0.2) is 0 Å². The molecule has 0 aromatic heterocycles. The molecule has 0 aliphatic heterocycles. The molecule has 0 saturated heterocycles. The summed E-state index contributed by atoms with van der Waals surface area (Å²) in [5.74, 6) is 0. The SMILES string of the molecule is Cc1cc(Br)c(C#N)c(C)c1C. The van der Waals surface area contributed by atoms with Gasteiger partial charge in [0, 0.05) is 4.47 Å². The van der Waals surface area contributed by atoms with E-state index < -0.39 is 0 Å². The third-order valence-electron chi connectivity index (χ3n) is 2.22. The van der Waals surface area contributed by atoms with E-state index in [1.54, 1.807) is 0 Å². The van der Waals surface area contributed by atoms with E-state index in [4.69, 9.17) is 5.26 Å². The number of benzene rings is 1. The van der Waals surface area contributed by atoms with E-state index in [0.717, 1.165) is 15.6 Å². The number of nitriles is 1. The maximum absolute atomic E-state index is 8.83. The quantitative estimate of drug-likeness (QED) is 0.663. The second kappa shape index (κ2) is 3.28. The summed E-state index contributed by atoms with van der Waals surface area (Å²) in [5.41, 5.74) is 4.25. The molecule has 0 N–H and O–H groups in total. The average Bonchev–Trinajstić information content (AvgIpc) is 2.01. The Morgan fingerprint density at radius 2 is 1.83 bits per heavy atom. The summed E-state index contributed by atoms with van der Waals surface area (Å²) in [7, 11) is 0. The van der Waals surface area contributed by atoms with Gasteiger partial charge in [-0.15, -0.1) is 0 Å². The first-order chi connectivity index (χ1) is 5.57. The minimum absolute atomic E-state index is 0.748. The molecule has 1 nitrogen and oxygen atoms in total. The minimum Gasteiger partial charge on any atom is -0.192 e. The maximum atomic E-state index is 8.83. The van der Waals surface area contributed by atoms with Gasteiger partial charge in [0.05, 0.1) is 5.56 Å². The highest BCUT2D eigenvalue weighted by Crippen LogP contribution is 2.25. The van der Waals surface area contributed by atoms with Crippen molar-refractivity contribution >= 4 is 15.9 Å². The van der Waals surface area contributed by atoms with Crippen molar-refractivity contribution in [3.05, 3.63) is 32.8 Å². The predicted molar refractivity (Wildman–Crippen MR) is 53.1 cm³/mol. The van der Waals surface area contributed by atoms with Gasteiger partial charge in [0.25, 0.3) is 0 Å². The van der Waals surface area contributed by atoms with Crippen molar-refractivity contribution < 1.29 is 0 Å². The van der Waals surface area contributed by atoms with Crippen LogP contribution in [0.15, 0.2) is 10.5 Å². The van der Waals surface area contributed by atoms with Crippen LogP contribution in [0.2, 0.25) is 0 Å². The summed E-state index contributed by atoms with van der Waals surface area (Å²) in [5, 5.41) is 8.83. The molecule has 12 heavy (non-hydrogen) atoms. The zero-order valence-corrected chi connectivity index (χ0v) is 8.99. The molecule has 0 unspecified atom stereocenters. The Bertz CT molecular complexity index is 361. The third kappa shape index (κ3) is 1.37. The van der Waals surface area contributed by atoms with Crippen LogP contribution >= 0.6 is 15.9 Å². The van der Waals surface area contributed by atoms with E-state index in [9.17, 15) is 0 Å². The number of aryl methyl sites for hydroxylation is 1. The van der Waals surface area contributed by atoms with Crippen molar-refractivity contribution in [2.24, 2.45) is 0 Å². The van der Waals surface area contributed by atoms with Crippen molar-refractivity contribution in [2.45, 2.75) is 20.8 Å².